The summed E-state index contributed by atoms with van der Waals surface area (Å²) in [5.74, 6) is -0.356. The van der Waals surface area contributed by atoms with Crippen LogP contribution in [0.15, 0.2) is 60.9 Å². The molecule has 28 heavy (non-hydrogen) atoms. The Morgan fingerprint density at radius 1 is 1.04 bits per heavy atom. The number of halogens is 3. The number of nitrogens with one attached hydrogen (secondary N) is 2. The van der Waals surface area contributed by atoms with E-state index in [9.17, 15) is 18.0 Å². The molecule has 2 aromatic carbocycles. The molecule has 5 nitrogen and oxygen atoms in total. The van der Waals surface area contributed by atoms with Gasteiger partial charge in [-0.15, -0.1) is 0 Å². The first kappa shape index (κ1) is 19.3. The van der Waals surface area contributed by atoms with Crippen LogP contribution in [0.4, 0.5) is 24.7 Å². The van der Waals surface area contributed by atoms with Crippen LogP contribution in [-0.4, -0.2) is 15.9 Å². The Morgan fingerprint density at radius 2 is 1.75 bits per heavy atom. The maximum atomic E-state index is 13.1. The first-order valence-electron chi connectivity index (χ1n) is 8.42. The molecule has 0 radical (unpaired) electrons. The van der Waals surface area contributed by atoms with Crippen molar-refractivity contribution in [1.29, 1.82) is 0 Å². The summed E-state index contributed by atoms with van der Waals surface area (Å²) >= 11 is 0. The minimum absolute atomic E-state index is 0.0515. The maximum Gasteiger partial charge on any atom is 0.418 e. The molecule has 2 N–H and O–H groups in total. The van der Waals surface area contributed by atoms with Gasteiger partial charge in [0.25, 0.3) is 5.91 Å². The van der Waals surface area contributed by atoms with Gasteiger partial charge in [-0.1, -0.05) is 36.4 Å². The van der Waals surface area contributed by atoms with Crippen LogP contribution in [-0.2, 0) is 12.7 Å². The number of alkyl halides is 3. The Hall–Kier alpha value is -3.42. The fourth-order valence-electron chi connectivity index (χ4n) is 2.60. The number of aromatic nitrogens is 2. The average Bonchev–Trinajstić information content (AvgIpc) is 2.67. The highest BCUT2D eigenvalue weighted by molar-refractivity contribution is 5.93. The molecule has 0 aliphatic carbocycles. The smallest absolute Gasteiger partial charge is 0.347 e. The molecule has 8 heteroatoms. The van der Waals surface area contributed by atoms with Crippen LogP contribution in [0.5, 0.6) is 0 Å². The highest BCUT2D eigenvalue weighted by atomic mass is 19.4. The van der Waals surface area contributed by atoms with E-state index < -0.39 is 17.6 Å². The fraction of sp³-hybridized carbons (Fsp3) is 0.150. The summed E-state index contributed by atoms with van der Waals surface area (Å²) in [5, 5.41) is 5.35. The molecule has 0 aliphatic rings. The number of carbonyl (C=O) groups excluding carboxylic acids is 1. The summed E-state index contributed by atoms with van der Waals surface area (Å²) in [6, 6.07) is 14.0. The van der Waals surface area contributed by atoms with Gasteiger partial charge < -0.3 is 10.6 Å². The second-order valence-electron chi connectivity index (χ2n) is 6.07. The third-order valence-electron chi connectivity index (χ3n) is 4.10. The van der Waals surface area contributed by atoms with E-state index >= 15 is 0 Å². The number of benzene rings is 2. The quantitative estimate of drug-likeness (QED) is 0.679. The van der Waals surface area contributed by atoms with Crippen molar-refractivity contribution in [2.45, 2.75) is 19.6 Å². The third-order valence-corrected chi connectivity index (χ3v) is 4.10. The van der Waals surface area contributed by atoms with Gasteiger partial charge in [-0.25, -0.2) is 9.97 Å². The molecule has 0 unspecified atom stereocenters. The Labute approximate surface area is 159 Å². The lowest BCUT2D eigenvalue weighted by atomic mass is 10.1. The Balaban J connectivity index is 1.74. The average molecular weight is 386 g/mol. The first-order chi connectivity index (χ1) is 13.3. The van der Waals surface area contributed by atoms with Crippen LogP contribution >= 0.6 is 0 Å². The van der Waals surface area contributed by atoms with Gasteiger partial charge in [-0.05, 0) is 30.2 Å². The molecular formula is C20H17F3N4O. The first-order valence-corrected chi connectivity index (χ1v) is 8.42. The molecule has 1 aromatic heterocycles. The van der Waals surface area contributed by atoms with E-state index in [1.54, 1.807) is 0 Å². The van der Waals surface area contributed by atoms with E-state index in [4.69, 9.17) is 0 Å². The van der Waals surface area contributed by atoms with Crippen LogP contribution < -0.4 is 10.6 Å². The predicted octanol–water partition coefficient (Wildman–Crippen LogP) is 4.48. The van der Waals surface area contributed by atoms with Gasteiger partial charge in [-0.2, -0.15) is 13.2 Å². The van der Waals surface area contributed by atoms with Gasteiger partial charge in [-0.3, -0.25) is 4.79 Å². The van der Waals surface area contributed by atoms with Crippen molar-refractivity contribution in [2.75, 3.05) is 5.32 Å². The molecule has 1 heterocycles. The number of para-hydroxylation sites is 1. The lowest BCUT2D eigenvalue weighted by Crippen LogP contribution is -2.24. The second kappa shape index (κ2) is 8.08. The van der Waals surface area contributed by atoms with Gasteiger partial charge in [0.2, 0.25) is 0 Å². The zero-order valence-electron chi connectivity index (χ0n) is 14.9. The zero-order chi connectivity index (χ0) is 20.1. The van der Waals surface area contributed by atoms with Crippen LogP contribution in [0.2, 0.25) is 0 Å². The van der Waals surface area contributed by atoms with E-state index in [1.165, 1.54) is 24.3 Å². The minimum atomic E-state index is -4.51. The fourth-order valence-corrected chi connectivity index (χ4v) is 2.60. The molecule has 0 atom stereocenters. The van der Waals surface area contributed by atoms with Crippen molar-refractivity contribution in [3.63, 3.8) is 0 Å². The van der Waals surface area contributed by atoms with E-state index in [2.05, 4.69) is 20.6 Å². The van der Waals surface area contributed by atoms with Gasteiger partial charge in [0.15, 0.2) is 0 Å². The van der Waals surface area contributed by atoms with Crippen LogP contribution in [0.1, 0.15) is 27.2 Å². The summed E-state index contributed by atoms with van der Waals surface area (Å²) in [4.78, 5) is 20.2. The SMILES string of the molecule is Cc1ccccc1CNC(=O)c1cc(Nc2ccccc2C(F)(F)F)ncn1. The third kappa shape index (κ3) is 4.64. The number of aryl methyl sites for hydroxylation is 1. The molecule has 0 aliphatic heterocycles. The molecule has 3 aromatic rings. The Kier molecular flexibility index (Phi) is 5.58. The number of hydrogen-bond donors (Lipinski definition) is 2. The van der Waals surface area contributed by atoms with E-state index in [0.717, 1.165) is 23.5 Å². The number of carbonyl (C=O) groups is 1. The van der Waals surface area contributed by atoms with Crippen molar-refractivity contribution in [3.8, 4) is 0 Å². The van der Waals surface area contributed by atoms with Crippen molar-refractivity contribution in [1.82, 2.24) is 15.3 Å². The summed E-state index contributed by atoms with van der Waals surface area (Å²) in [6.45, 7) is 2.25. The number of nitrogens with zero attached hydrogens (tertiary/aromatic N) is 2. The van der Waals surface area contributed by atoms with E-state index in [-0.39, 0.29) is 17.2 Å². The molecule has 3 rings (SSSR count). The molecule has 0 bridgehead atoms. The van der Waals surface area contributed by atoms with Crippen molar-refractivity contribution >= 4 is 17.4 Å². The summed E-state index contributed by atoms with van der Waals surface area (Å²) < 4.78 is 39.3. The topological polar surface area (TPSA) is 66.9 Å². The molecule has 1 amide bonds. The number of rotatable bonds is 5. The largest absolute Gasteiger partial charge is 0.418 e. The summed E-state index contributed by atoms with van der Waals surface area (Å²) in [7, 11) is 0. The highest BCUT2D eigenvalue weighted by Gasteiger charge is 2.33. The molecule has 0 spiro atoms. The normalized spacial score (nSPS) is 11.1. The number of anilines is 2. The van der Waals surface area contributed by atoms with Crippen LogP contribution in [0.3, 0.4) is 0 Å². The number of hydrogen-bond acceptors (Lipinski definition) is 4. The van der Waals surface area contributed by atoms with Gasteiger partial charge in [0.1, 0.15) is 17.8 Å². The maximum absolute atomic E-state index is 13.1. The van der Waals surface area contributed by atoms with Gasteiger partial charge >= 0.3 is 6.18 Å². The highest BCUT2D eigenvalue weighted by Crippen LogP contribution is 2.35. The number of amides is 1. The zero-order valence-corrected chi connectivity index (χ0v) is 14.9. The van der Waals surface area contributed by atoms with Crippen LogP contribution in [0.25, 0.3) is 0 Å². The van der Waals surface area contributed by atoms with E-state index in [0.29, 0.717) is 6.54 Å². The van der Waals surface area contributed by atoms with Crippen molar-refractivity contribution in [3.05, 3.63) is 83.3 Å². The Morgan fingerprint density at radius 3 is 2.50 bits per heavy atom. The van der Waals surface area contributed by atoms with Gasteiger partial charge in [0, 0.05) is 12.6 Å². The summed E-state index contributed by atoms with van der Waals surface area (Å²) in [5.41, 5.74) is 1.08. The molecule has 144 valence electrons. The predicted molar refractivity (Wildman–Crippen MR) is 99.1 cm³/mol. The monoisotopic (exact) mass is 386 g/mol. The lowest BCUT2D eigenvalue weighted by Gasteiger charge is -2.14. The second-order valence-corrected chi connectivity index (χ2v) is 6.07. The molecular weight excluding hydrogens is 369 g/mol. The standard InChI is InChI=1S/C20H17F3N4O/c1-13-6-2-3-7-14(13)11-24-19(28)17-10-18(26-12-25-17)27-16-9-5-4-8-15(16)20(21,22)23/h2-10,12H,11H2,1H3,(H,24,28)(H,25,26,27). The molecule has 0 fully saturated rings. The van der Waals surface area contributed by atoms with Crippen molar-refractivity contribution < 1.29 is 18.0 Å². The lowest BCUT2D eigenvalue weighted by molar-refractivity contribution is -0.136. The van der Waals surface area contributed by atoms with Gasteiger partial charge in [0.05, 0.1) is 11.3 Å². The minimum Gasteiger partial charge on any atom is -0.347 e. The summed E-state index contributed by atoms with van der Waals surface area (Å²) in [6.07, 6.45) is -3.38. The van der Waals surface area contributed by atoms with Crippen LogP contribution in [0, 0.1) is 6.92 Å². The Bertz CT molecular complexity index is 989. The van der Waals surface area contributed by atoms with Crippen molar-refractivity contribution in [2.24, 2.45) is 0 Å². The van der Waals surface area contributed by atoms with E-state index in [1.807, 2.05) is 31.2 Å². The molecule has 0 saturated carbocycles. The molecule has 0 saturated heterocycles.